The van der Waals surface area contributed by atoms with Crippen molar-refractivity contribution in [2.45, 2.75) is 13.0 Å². The molecule has 82 valence electrons. The smallest absolute Gasteiger partial charge is 0.245 e. The third-order valence-electron chi connectivity index (χ3n) is 1.87. The second kappa shape index (κ2) is 5.53. The largest absolute Gasteiger partial charge is 0.342 e. The van der Waals surface area contributed by atoms with Crippen LogP contribution >= 0.6 is 0 Å². The molecule has 0 fully saturated rings. The lowest BCUT2D eigenvalue weighted by Crippen LogP contribution is -2.31. The summed E-state index contributed by atoms with van der Waals surface area (Å²) in [4.78, 5) is 24.8. The predicted octanol–water partition coefficient (Wildman–Crippen LogP) is 1.70. The Hall–Kier alpha value is -2.33. The molecule has 0 radical (unpaired) electrons. The Morgan fingerprint density at radius 2 is 2.00 bits per heavy atom. The monoisotopic (exact) mass is 218 g/mol. The van der Waals surface area contributed by atoms with Crippen molar-refractivity contribution in [2.75, 3.05) is 0 Å². The van der Waals surface area contributed by atoms with Crippen LogP contribution in [0, 0.1) is 0 Å². The zero-order valence-corrected chi connectivity index (χ0v) is 8.62. The van der Waals surface area contributed by atoms with Crippen LogP contribution in [-0.2, 0) is 9.59 Å². The van der Waals surface area contributed by atoms with Crippen LogP contribution in [-0.4, -0.2) is 11.8 Å². The Labute approximate surface area is 91.9 Å². The standard InChI is InChI=1S/C10H10N4O2/c1-7(15)12-9(10(16)13-14-11)8-5-3-2-4-6-8/h2-6,9H,1H3,(H,12,15)/t9-/m1/s1. The summed E-state index contributed by atoms with van der Waals surface area (Å²) in [5.74, 6) is -1.10. The van der Waals surface area contributed by atoms with Crippen LogP contribution in [0.2, 0.25) is 0 Å². The summed E-state index contributed by atoms with van der Waals surface area (Å²) in [6, 6.07) is 7.67. The molecule has 0 unspecified atom stereocenters. The van der Waals surface area contributed by atoms with Crippen LogP contribution in [0.1, 0.15) is 18.5 Å². The molecule has 0 spiro atoms. The number of carbonyl (C=O) groups is 2. The lowest BCUT2D eigenvalue weighted by atomic mass is 10.1. The predicted molar refractivity (Wildman–Crippen MR) is 57.2 cm³/mol. The molecule has 2 amide bonds. The Morgan fingerprint density at radius 3 is 2.50 bits per heavy atom. The van der Waals surface area contributed by atoms with Gasteiger partial charge >= 0.3 is 0 Å². The molecular weight excluding hydrogens is 208 g/mol. The van der Waals surface area contributed by atoms with Crippen LogP contribution in [0.25, 0.3) is 10.4 Å². The lowest BCUT2D eigenvalue weighted by Gasteiger charge is -2.14. The molecule has 0 bridgehead atoms. The van der Waals surface area contributed by atoms with Gasteiger partial charge in [-0.15, -0.1) is 0 Å². The summed E-state index contributed by atoms with van der Waals surface area (Å²) in [6.07, 6.45) is 0. The SMILES string of the molecule is CC(=O)N[C@@H](C(=O)N=[N+]=[N-])c1ccccc1. The highest BCUT2D eigenvalue weighted by Gasteiger charge is 2.19. The molecular formula is C10H10N4O2. The van der Waals surface area contributed by atoms with Gasteiger partial charge in [-0.1, -0.05) is 30.3 Å². The van der Waals surface area contributed by atoms with Gasteiger partial charge in [-0.3, -0.25) is 9.59 Å². The average Bonchev–Trinajstić information content (AvgIpc) is 2.27. The van der Waals surface area contributed by atoms with E-state index in [-0.39, 0.29) is 5.91 Å². The van der Waals surface area contributed by atoms with Crippen LogP contribution in [0.4, 0.5) is 0 Å². The van der Waals surface area contributed by atoms with Crippen molar-refractivity contribution in [1.29, 1.82) is 0 Å². The third kappa shape index (κ3) is 3.11. The summed E-state index contributed by atoms with van der Waals surface area (Å²) in [7, 11) is 0. The van der Waals surface area contributed by atoms with Gasteiger partial charge in [0.1, 0.15) is 6.04 Å². The molecule has 0 aliphatic rings. The van der Waals surface area contributed by atoms with E-state index in [0.717, 1.165) is 0 Å². The topological polar surface area (TPSA) is 94.9 Å². The Balaban J connectivity index is 3.00. The molecule has 0 aliphatic carbocycles. The van der Waals surface area contributed by atoms with E-state index in [9.17, 15) is 9.59 Å². The first-order valence-electron chi connectivity index (χ1n) is 4.56. The highest BCUT2D eigenvalue weighted by atomic mass is 16.2. The summed E-state index contributed by atoms with van der Waals surface area (Å²) in [6.45, 7) is 1.29. The number of hydrogen-bond donors (Lipinski definition) is 1. The minimum absolute atomic E-state index is 0.365. The van der Waals surface area contributed by atoms with Gasteiger partial charge in [0.15, 0.2) is 0 Å². The average molecular weight is 218 g/mol. The van der Waals surface area contributed by atoms with Crippen molar-refractivity contribution < 1.29 is 9.59 Å². The van der Waals surface area contributed by atoms with Crippen molar-refractivity contribution in [1.82, 2.24) is 5.32 Å². The molecule has 16 heavy (non-hydrogen) atoms. The zero-order chi connectivity index (χ0) is 12.0. The maximum Gasteiger partial charge on any atom is 0.245 e. The van der Waals surface area contributed by atoms with Crippen molar-refractivity contribution in [3.05, 3.63) is 46.3 Å². The maximum atomic E-state index is 11.4. The van der Waals surface area contributed by atoms with Crippen LogP contribution in [0.15, 0.2) is 35.4 Å². The van der Waals surface area contributed by atoms with Gasteiger partial charge in [-0.25, -0.2) is 0 Å². The number of nitrogens with one attached hydrogen (secondary N) is 1. The van der Waals surface area contributed by atoms with Gasteiger partial charge in [0.2, 0.25) is 11.8 Å². The van der Waals surface area contributed by atoms with E-state index in [0.29, 0.717) is 5.56 Å². The van der Waals surface area contributed by atoms with Crippen LogP contribution in [0.3, 0.4) is 0 Å². The molecule has 0 heterocycles. The van der Waals surface area contributed by atoms with Crippen molar-refractivity contribution in [3.8, 4) is 0 Å². The van der Waals surface area contributed by atoms with Crippen LogP contribution < -0.4 is 5.32 Å². The number of amides is 2. The Bertz CT molecular complexity index is 437. The summed E-state index contributed by atoms with van der Waals surface area (Å²) >= 11 is 0. The molecule has 0 saturated carbocycles. The van der Waals surface area contributed by atoms with E-state index in [1.54, 1.807) is 30.3 Å². The number of nitrogens with zero attached hydrogens (tertiary/aromatic N) is 3. The van der Waals surface area contributed by atoms with Crippen LogP contribution in [0.5, 0.6) is 0 Å². The second-order valence-corrected chi connectivity index (χ2v) is 3.07. The normalized spacial score (nSPS) is 11.1. The van der Waals surface area contributed by atoms with Gasteiger partial charge < -0.3 is 5.32 Å². The minimum Gasteiger partial charge on any atom is -0.342 e. The molecule has 1 aromatic carbocycles. The summed E-state index contributed by atoms with van der Waals surface area (Å²) < 4.78 is 0. The van der Waals surface area contributed by atoms with Gasteiger partial charge in [0, 0.05) is 11.8 Å². The second-order valence-electron chi connectivity index (χ2n) is 3.07. The molecule has 0 aromatic heterocycles. The van der Waals surface area contributed by atoms with Crippen molar-refractivity contribution in [2.24, 2.45) is 5.11 Å². The van der Waals surface area contributed by atoms with E-state index in [1.807, 2.05) is 0 Å². The highest BCUT2D eigenvalue weighted by Crippen LogP contribution is 2.14. The quantitative estimate of drug-likeness (QED) is 0.474. The van der Waals surface area contributed by atoms with Gasteiger partial charge in [0.25, 0.3) is 0 Å². The fourth-order valence-electron chi connectivity index (χ4n) is 1.24. The van der Waals surface area contributed by atoms with Gasteiger partial charge in [-0.2, -0.15) is 0 Å². The zero-order valence-electron chi connectivity index (χ0n) is 8.62. The minimum atomic E-state index is -0.922. The number of carbonyl (C=O) groups excluding carboxylic acids is 2. The van der Waals surface area contributed by atoms with E-state index in [4.69, 9.17) is 5.53 Å². The number of hydrogen-bond acceptors (Lipinski definition) is 2. The van der Waals surface area contributed by atoms with E-state index in [1.165, 1.54) is 6.92 Å². The fourth-order valence-corrected chi connectivity index (χ4v) is 1.24. The first kappa shape index (κ1) is 11.7. The molecule has 6 nitrogen and oxygen atoms in total. The third-order valence-corrected chi connectivity index (χ3v) is 1.87. The van der Waals surface area contributed by atoms with Crippen molar-refractivity contribution >= 4 is 11.8 Å². The first-order valence-corrected chi connectivity index (χ1v) is 4.56. The summed E-state index contributed by atoms with van der Waals surface area (Å²) in [5.41, 5.74) is 8.77. The molecule has 6 heteroatoms. The molecule has 1 atom stereocenters. The van der Waals surface area contributed by atoms with Gasteiger partial charge in [0.05, 0.1) is 0 Å². The molecule has 1 N–H and O–H groups in total. The van der Waals surface area contributed by atoms with E-state index < -0.39 is 11.9 Å². The van der Waals surface area contributed by atoms with Gasteiger partial charge in [-0.05, 0) is 16.2 Å². The molecule has 1 aromatic rings. The Morgan fingerprint density at radius 1 is 1.38 bits per heavy atom. The number of azide groups is 1. The molecule has 1 rings (SSSR count). The Kier molecular flexibility index (Phi) is 4.06. The number of benzene rings is 1. The molecule has 0 saturated heterocycles. The highest BCUT2D eigenvalue weighted by molar-refractivity contribution is 5.88. The fraction of sp³-hybridized carbons (Fsp3) is 0.200. The van der Waals surface area contributed by atoms with Crippen molar-refractivity contribution in [3.63, 3.8) is 0 Å². The van der Waals surface area contributed by atoms with E-state index in [2.05, 4.69) is 15.3 Å². The summed E-state index contributed by atoms with van der Waals surface area (Å²) in [5, 5.41) is 5.41. The van der Waals surface area contributed by atoms with E-state index >= 15 is 0 Å². The maximum absolute atomic E-state index is 11.4. The molecule has 0 aliphatic heterocycles. The number of rotatable bonds is 3. The lowest BCUT2D eigenvalue weighted by molar-refractivity contribution is -0.126. The first-order chi connectivity index (χ1) is 7.65.